The summed E-state index contributed by atoms with van der Waals surface area (Å²) < 4.78 is 5.26. The Morgan fingerprint density at radius 2 is 1.56 bits per heavy atom. The van der Waals surface area contributed by atoms with Crippen molar-refractivity contribution in [2.45, 2.75) is 13.0 Å². The molecule has 2 amide bonds. The van der Waals surface area contributed by atoms with Crippen molar-refractivity contribution in [1.29, 1.82) is 0 Å². The van der Waals surface area contributed by atoms with Crippen molar-refractivity contribution in [3.05, 3.63) is 71.3 Å². The summed E-state index contributed by atoms with van der Waals surface area (Å²) in [4.78, 5) is 26.6. The van der Waals surface area contributed by atoms with Crippen LogP contribution in [0.2, 0.25) is 0 Å². The minimum atomic E-state index is -0.151. The molecule has 5 heteroatoms. The summed E-state index contributed by atoms with van der Waals surface area (Å²) in [7, 11) is 0. The fourth-order valence-corrected chi connectivity index (χ4v) is 2.82. The third-order valence-electron chi connectivity index (χ3n) is 4.34. The number of carbonyl (C=O) groups excluding carboxylic acids is 2. The van der Waals surface area contributed by atoms with Crippen LogP contribution in [0.1, 0.15) is 39.2 Å². The highest BCUT2D eigenvalue weighted by Gasteiger charge is 2.19. The molecule has 1 unspecified atom stereocenters. The highest BCUT2D eigenvalue weighted by molar-refractivity contribution is 5.98. The van der Waals surface area contributed by atoms with Crippen LogP contribution in [0.4, 0.5) is 0 Å². The van der Waals surface area contributed by atoms with E-state index in [9.17, 15) is 9.59 Å². The van der Waals surface area contributed by atoms with Crippen molar-refractivity contribution < 1.29 is 14.3 Å². The number of carbonyl (C=O) groups is 2. The van der Waals surface area contributed by atoms with Crippen LogP contribution in [0, 0.1) is 0 Å². The monoisotopic (exact) mass is 338 g/mol. The van der Waals surface area contributed by atoms with Crippen LogP contribution >= 0.6 is 0 Å². The zero-order chi connectivity index (χ0) is 17.6. The van der Waals surface area contributed by atoms with Crippen molar-refractivity contribution in [2.24, 2.45) is 0 Å². The first-order chi connectivity index (χ1) is 12.1. The average molecular weight is 338 g/mol. The summed E-state index contributed by atoms with van der Waals surface area (Å²) in [5, 5.41) is 2.97. The van der Waals surface area contributed by atoms with E-state index in [2.05, 4.69) is 5.32 Å². The van der Waals surface area contributed by atoms with Gasteiger partial charge in [-0.2, -0.15) is 0 Å². The van der Waals surface area contributed by atoms with Crippen LogP contribution < -0.4 is 5.32 Å². The van der Waals surface area contributed by atoms with Crippen LogP contribution in [0.25, 0.3) is 0 Å². The summed E-state index contributed by atoms with van der Waals surface area (Å²) in [5.41, 5.74) is 2.19. The molecule has 1 fully saturated rings. The Morgan fingerprint density at radius 1 is 0.960 bits per heavy atom. The molecule has 1 aliphatic heterocycles. The second-order valence-electron chi connectivity index (χ2n) is 6.09. The summed E-state index contributed by atoms with van der Waals surface area (Å²) in [6.45, 7) is 4.31. The van der Waals surface area contributed by atoms with Crippen molar-refractivity contribution in [3.8, 4) is 0 Å². The van der Waals surface area contributed by atoms with E-state index in [0.717, 1.165) is 5.56 Å². The Hall–Kier alpha value is -2.66. The molecular weight excluding hydrogens is 316 g/mol. The highest BCUT2D eigenvalue weighted by atomic mass is 16.5. The van der Waals surface area contributed by atoms with Gasteiger partial charge in [0.1, 0.15) is 0 Å². The Labute approximate surface area is 147 Å². The molecule has 0 aliphatic carbocycles. The predicted octanol–water partition coefficient (Wildman–Crippen LogP) is 2.65. The molecule has 3 rings (SSSR count). The molecule has 1 aliphatic rings. The van der Waals surface area contributed by atoms with Gasteiger partial charge in [0.05, 0.1) is 19.3 Å². The second kappa shape index (κ2) is 7.94. The molecular formula is C20H22N2O3. The molecule has 25 heavy (non-hydrogen) atoms. The summed E-state index contributed by atoms with van der Waals surface area (Å²) >= 11 is 0. The number of hydrogen-bond acceptors (Lipinski definition) is 3. The summed E-state index contributed by atoms with van der Waals surface area (Å²) in [6.07, 6.45) is 0. The van der Waals surface area contributed by atoms with E-state index in [-0.39, 0.29) is 17.9 Å². The van der Waals surface area contributed by atoms with E-state index < -0.39 is 0 Å². The lowest BCUT2D eigenvalue weighted by Gasteiger charge is -2.26. The minimum Gasteiger partial charge on any atom is -0.378 e. The Morgan fingerprint density at radius 3 is 2.20 bits per heavy atom. The third kappa shape index (κ3) is 4.25. The van der Waals surface area contributed by atoms with Gasteiger partial charge in [-0.25, -0.2) is 0 Å². The number of rotatable bonds is 4. The van der Waals surface area contributed by atoms with Gasteiger partial charge in [-0.15, -0.1) is 0 Å². The van der Waals surface area contributed by atoms with Crippen molar-refractivity contribution >= 4 is 11.8 Å². The van der Waals surface area contributed by atoms with Crippen molar-refractivity contribution in [1.82, 2.24) is 10.2 Å². The van der Waals surface area contributed by atoms with Gasteiger partial charge in [0.15, 0.2) is 0 Å². The topological polar surface area (TPSA) is 58.6 Å². The van der Waals surface area contributed by atoms with Gasteiger partial charge in [-0.1, -0.05) is 30.3 Å². The number of ether oxygens (including phenoxy) is 1. The van der Waals surface area contributed by atoms with Gasteiger partial charge in [-0.3, -0.25) is 9.59 Å². The van der Waals surface area contributed by atoms with Gasteiger partial charge in [0.25, 0.3) is 11.8 Å². The molecule has 5 nitrogen and oxygen atoms in total. The number of benzene rings is 2. The van der Waals surface area contributed by atoms with Gasteiger partial charge >= 0.3 is 0 Å². The van der Waals surface area contributed by atoms with Crippen LogP contribution in [0.5, 0.6) is 0 Å². The Balaban J connectivity index is 1.63. The van der Waals surface area contributed by atoms with Crippen molar-refractivity contribution in [3.63, 3.8) is 0 Å². The lowest BCUT2D eigenvalue weighted by atomic mass is 10.1. The predicted molar refractivity (Wildman–Crippen MR) is 95.5 cm³/mol. The molecule has 1 atom stereocenters. The highest BCUT2D eigenvalue weighted by Crippen LogP contribution is 2.14. The molecule has 1 N–H and O–H groups in total. The molecule has 1 heterocycles. The molecule has 0 saturated carbocycles. The zero-order valence-electron chi connectivity index (χ0n) is 14.3. The van der Waals surface area contributed by atoms with Gasteiger partial charge in [-0.05, 0) is 36.8 Å². The first-order valence-corrected chi connectivity index (χ1v) is 8.48. The Bertz CT molecular complexity index is 722. The number of amides is 2. The molecule has 0 radical (unpaired) electrons. The molecule has 130 valence electrons. The number of morpholine rings is 1. The number of nitrogens with zero attached hydrogens (tertiary/aromatic N) is 1. The molecule has 0 bridgehead atoms. The minimum absolute atomic E-state index is 0.0205. The Kier molecular flexibility index (Phi) is 5.46. The maximum Gasteiger partial charge on any atom is 0.254 e. The van der Waals surface area contributed by atoms with Crippen LogP contribution in [-0.2, 0) is 4.74 Å². The first-order valence-electron chi connectivity index (χ1n) is 8.48. The van der Waals surface area contributed by atoms with Crippen LogP contribution in [0.3, 0.4) is 0 Å². The maximum atomic E-state index is 12.4. The van der Waals surface area contributed by atoms with Crippen LogP contribution in [0.15, 0.2) is 54.6 Å². The lowest BCUT2D eigenvalue weighted by Crippen LogP contribution is -2.40. The van der Waals surface area contributed by atoms with Gasteiger partial charge in [0.2, 0.25) is 0 Å². The molecule has 1 saturated heterocycles. The van der Waals surface area contributed by atoms with E-state index in [0.29, 0.717) is 37.4 Å². The fourth-order valence-electron chi connectivity index (χ4n) is 2.82. The fraction of sp³-hybridized carbons (Fsp3) is 0.300. The van der Waals surface area contributed by atoms with E-state index in [4.69, 9.17) is 4.74 Å². The van der Waals surface area contributed by atoms with E-state index in [1.807, 2.05) is 37.3 Å². The zero-order valence-corrected chi connectivity index (χ0v) is 14.3. The van der Waals surface area contributed by atoms with E-state index in [1.54, 1.807) is 29.2 Å². The SMILES string of the molecule is CC(NC(=O)c1ccc(C(=O)N2CCOCC2)cc1)c1ccccc1. The summed E-state index contributed by atoms with van der Waals surface area (Å²) in [5.74, 6) is -0.172. The molecule has 0 spiro atoms. The molecule has 0 aromatic heterocycles. The normalized spacial score (nSPS) is 15.5. The van der Waals surface area contributed by atoms with E-state index >= 15 is 0 Å². The summed E-state index contributed by atoms with van der Waals surface area (Å²) in [6, 6.07) is 16.5. The van der Waals surface area contributed by atoms with E-state index in [1.165, 1.54) is 0 Å². The largest absolute Gasteiger partial charge is 0.378 e. The number of nitrogens with one attached hydrogen (secondary N) is 1. The van der Waals surface area contributed by atoms with Gasteiger partial charge in [0, 0.05) is 24.2 Å². The molecule has 2 aromatic carbocycles. The average Bonchev–Trinajstić information content (AvgIpc) is 2.69. The second-order valence-corrected chi connectivity index (χ2v) is 6.09. The number of hydrogen-bond donors (Lipinski definition) is 1. The van der Waals surface area contributed by atoms with Crippen molar-refractivity contribution in [2.75, 3.05) is 26.3 Å². The third-order valence-corrected chi connectivity index (χ3v) is 4.34. The quantitative estimate of drug-likeness (QED) is 0.932. The molecule has 2 aromatic rings. The smallest absolute Gasteiger partial charge is 0.254 e. The maximum absolute atomic E-state index is 12.4. The first kappa shape index (κ1) is 17.2. The van der Waals surface area contributed by atoms with Gasteiger partial charge < -0.3 is 15.0 Å². The van der Waals surface area contributed by atoms with Crippen LogP contribution in [-0.4, -0.2) is 43.0 Å². The lowest BCUT2D eigenvalue weighted by molar-refractivity contribution is 0.0303. The standard InChI is InChI=1S/C20H22N2O3/c1-15(16-5-3-2-4-6-16)21-19(23)17-7-9-18(10-8-17)20(24)22-11-13-25-14-12-22/h2-10,15H,11-14H2,1H3,(H,21,23).